The fraction of sp³-hybridized carbons (Fsp3) is 0.500. The maximum absolute atomic E-state index is 8.48. The number of ether oxygens (including phenoxy) is 1. The zero-order valence-corrected chi connectivity index (χ0v) is 15.0. The number of nitrogens with zero attached hydrogens (tertiary/aromatic N) is 2. The van der Waals surface area contributed by atoms with Gasteiger partial charge in [-0.15, -0.1) is 0 Å². The summed E-state index contributed by atoms with van der Waals surface area (Å²) in [5, 5.41) is 16.6. The van der Waals surface area contributed by atoms with E-state index in [9.17, 15) is 0 Å². The molecule has 0 amide bonds. The van der Waals surface area contributed by atoms with Crippen LogP contribution in [0.4, 0.5) is 0 Å². The van der Waals surface area contributed by atoms with Gasteiger partial charge in [0.05, 0.1) is 6.21 Å². The lowest BCUT2D eigenvalue weighted by molar-refractivity contribution is 0.224. The van der Waals surface area contributed by atoms with Crippen molar-refractivity contribution in [3.8, 4) is 11.8 Å². The summed E-state index contributed by atoms with van der Waals surface area (Å²) in [7, 11) is 0. The van der Waals surface area contributed by atoms with Crippen LogP contribution in [-0.2, 0) is 0 Å². The van der Waals surface area contributed by atoms with Crippen molar-refractivity contribution < 1.29 is 4.74 Å². The summed E-state index contributed by atoms with van der Waals surface area (Å²) in [6.45, 7) is 4.63. The summed E-state index contributed by atoms with van der Waals surface area (Å²) >= 11 is 5.32. The molecule has 0 radical (unpaired) electrons. The van der Waals surface area contributed by atoms with Crippen LogP contribution in [0.15, 0.2) is 29.4 Å². The number of hydrazone groups is 1. The quantitative estimate of drug-likeness (QED) is 0.488. The third-order valence-electron chi connectivity index (χ3n) is 4.59. The van der Waals surface area contributed by atoms with Gasteiger partial charge >= 0.3 is 0 Å². The van der Waals surface area contributed by atoms with E-state index in [1.165, 1.54) is 12.8 Å². The van der Waals surface area contributed by atoms with Crippen molar-refractivity contribution in [3.05, 3.63) is 29.8 Å². The molecule has 0 spiro atoms. The molecule has 128 valence electrons. The largest absolute Gasteiger partial charge is 0.479 e. The van der Waals surface area contributed by atoms with Gasteiger partial charge in [0, 0.05) is 6.04 Å². The molecule has 0 aromatic heterocycles. The average molecular weight is 344 g/mol. The number of hydrogen-bond acceptors (Lipinski definition) is 4. The smallest absolute Gasteiger partial charge is 0.187 e. The Bertz CT molecular complexity index is 608. The Morgan fingerprint density at radius 1 is 1.38 bits per heavy atom. The molecule has 3 atom stereocenters. The van der Waals surface area contributed by atoms with E-state index < -0.39 is 0 Å². The first-order chi connectivity index (χ1) is 11.6. The van der Waals surface area contributed by atoms with Gasteiger partial charge < -0.3 is 10.1 Å². The number of thiocarbonyl (C=S) groups is 1. The molecule has 0 heterocycles. The standard InChI is InChI=1S/C18H24N4OS/c1-13-4-3-5-17(14(13)2)21-18(24)22-20-12-15-6-8-16(9-7-15)23-11-10-19/h6-9,12-14,17H,3-5,11H2,1-2H3,(H2,21,22,24)/b20-12-/t13-,14+,17-/m0/s1. The Morgan fingerprint density at radius 2 is 2.12 bits per heavy atom. The second-order valence-electron chi connectivity index (χ2n) is 6.23. The zero-order valence-electron chi connectivity index (χ0n) is 14.2. The SMILES string of the molecule is C[C@H]1[C@@H](NC(=S)N/N=C\c2ccc(OCC#N)cc2)CCC[C@@H]1C. The molecule has 1 aliphatic carbocycles. The monoisotopic (exact) mass is 344 g/mol. The first kappa shape index (κ1) is 18.2. The van der Waals surface area contributed by atoms with Gasteiger partial charge in [-0.1, -0.05) is 26.7 Å². The predicted molar refractivity (Wildman–Crippen MR) is 100.0 cm³/mol. The summed E-state index contributed by atoms with van der Waals surface area (Å²) in [4.78, 5) is 0. The van der Waals surface area contributed by atoms with Gasteiger partial charge in [0.1, 0.15) is 11.8 Å². The molecule has 2 N–H and O–H groups in total. The zero-order chi connectivity index (χ0) is 17.4. The van der Waals surface area contributed by atoms with Crippen molar-refractivity contribution in [2.75, 3.05) is 6.61 Å². The highest BCUT2D eigenvalue weighted by atomic mass is 32.1. The first-order valence-electron chi connectivity index (χ1n) is 8.29. The molecule has 0 bridgehead atoms. The van der Waals surface area contributed by atoms with E-state index in [1.807, 2.05) is 18.2 Å². The van der Waals surface area contributed by atoms with Gasteiger partial charge in [-0.3, -0.25) is 5.43 Å². The highest BCUT2D eigenvalue weighted by Gasteiger charge is 2.27. The number of benzene rings is 1. The Morgan fingerprint density at radius 3 is 2.83 bits per heavy atom. The molecular formula is C18H24N4OS. The van der Waals surface area contributed by atoms with Crippen molar-refractivity contribution in [2.24, 2.45) is 16.9 Å². The van der Waals surface area contributed by atoms with Crippen LogP contribution < -0.4 is 15.5 Å². The summed E-state index contributed by atoms with van der Waals surface area (Å²) in [5.41, 5.74) is 3.80. The van der Waals surface area contributed by atoms with Crippen LogP contribution in [0.2, 0.25) is 0 Å². The van der Waals surface area contributed by atoms with Crippen LogP contribution in [0.25, 0.3) is 0 Å². The first-order valence-corrected chi connectivity index (χ1v) is 8.70. The molecule has 6 heteroatoms. The third-order valence-corrected chi connectivity index (χ3v) is 4.80. The van der Waals surface area contributed by atoms with E-state index in [1.54, 1.807) is 18.3 Å². The fourth-order valence-corrected chi connectivity index (χ4v) is 3.12. The van der Waals surface area contributed by atoms with E-state index in [0.29, 0.717) is 22.8 Å². The molecule has 1 aromatic rings. The summed E-state index contributed by atoms with van der Waals surface area (Å²) in [5.74, 6) is 2.01. The van der Waals surface area contributed by atoms with Gasteiger partial charge in [-0.2, -0.15) is 10.4 Å². The van der Waals surface area contributed by atoms with Crippen LogP contribution in [0.1, 0.15) is 38.7 Å². The maximum Gasteiger partial charge on any atom is 0.187 e. The average Bonchev–Trinajstić information content (AvgIpc) is 2.58. The highest BCUT2D eigenvalue weighted by Crippen LogP contribution is 2.29. The molecule has 5 nitrogen and oxygen atoms in total. The molecule has 1 saturated carbocycles. The Balaban J connectivity index is 1.78. The third kappa shape index (κ3) is 5.50. The Labute approximate surface area is 149 Å². The van der Waals surface area contributed by atoms with E-state index in [2.05, 4.69) is 29.7 Å². The molecule has 24 heavy (non-hydrogen) atoms. The van der Waals surface area contributed by atoms with E-state index in [4.69, 9.17) is 22.2 Å². The normalized spacial score (nSPS) is 23.5. The maximum atomic E-state index is 8.48. The summed E-state index contributed by atoms with van der Waals surface area (Å²) in [6, 6.07) is 9.71. The van der Waals surface area contributed by atoms with Gasteiger partial charge in [-0.05, 0) is 60.3 Å². The minimum atomic E-state index is 0.0487. The van der Waals surface area contributed by atoms with E-state index in [0.717, 1.165) is 17.9 Å². The molecule has 1 aliphatic rings. The fourth-order valence-electron chi connectivity index (χ4n) is 2.92. The van der Waals surface area contributed by atoms with Crippen molar-refractivity contribution >= 4 is 23.5 Å². The second-order valence-corrected chi connectivity index (χ2v) is 6.64. The van der Waals surface area contributed by atoms with Crippen LogP contribution in [0.5, 0.6) is 5.75 Å². The van der Waals surface area contributed by atoms with Gasteiger partial charge in [0.15, 0.2) is 11.7 Å². The molecule has 0 aliphatic heterocycles. The minimum absolute atomic E-state index is 0.0487. The lowest BCUT2D eigenvalue weighted by Crippen LogP contribution is -2.46. The van der Waals surface area contributed by atoms with E-state index in [-0.39, 0.29) is 6.61 Å². The van der Waals surface area contributed by atoms with Crippen molar-refractivity contribution in [1.82, 2.24) is 10.7 Å². The van der Waals surface area contributed by atoms with Crippen LogP contribution in [-0.4, -0.2) is 24.0 Å². The number of hydrogen-bond donors (Lipinski definition) is 2. The van der Waals surface area contributed by atoms with Crippen molar-refractivity contribution in [1.29, 1.82) is 5.26 Å². The van der Waals surface area contributed by atoms with Gasteiger partial charge in [0.2, 0.25) is 0 Å². The second kappa shape index (κ2) is 9.24. The molecule has 0 unspecified atom stereocenters. The summed E-state index contributed by atoms with van der Waals surface area (Å²) in [6.07, 6.45) is 5.40. The van der Waals surface area contributed by atoms with Crippen LogP contribution >= 0.6 is 12.2 Å². The van der Waals surface area contributed by atoms with Gasteiger partial charge in [0.25, 0.3) is 0 Å². The summed E-state index contributed by atoms with van der Waals surface area (Å²) < 4.78 is 5.20. The highest BCUT2D eigenvalue weighted by molar-refractivity contribution is 7.80. The minimum Gasteiger partial charge on any atom is -0.479 e. The Hall–Kier alpha value is -2.13. The molecule has 0 saturated heterocycles. The van der Waals surface area contributed by atoms with E-state index >= 15 is 0 Å². The topological polar surface area (TPSA) is 69.4 Å². The molecule has 2 rings (SSSR count). The lowest BCUT2D eigenvalue weighted by atomic mass is 9.78. The van der Waals surface area contributed by atoms with Gasteiger partial charge in [-0.25, -0.2) is 0 Å². The lowest BCUT2D eigenvalue weighted by Gasteiger charge is -2.35. The molecule has 1 aromatic carbocycles. The van der Waals surface area contributed by atoms with Crippen LogP contribution in [0, 0.1) is 23.2 Å². The Kier molecular flexibility index (Phi) is 7.01. The number of rotatable bonds is 5. The number of nitrogens with one attached hydrogen (secondary N) is 2. The van der Waals surface area contributed by atoms with Crippen molar-refractivity contribution in [2.45, 2.75) is 39.2 Å². The molecule has 1 fully saturated rings. The van der Waals surface area contributed by atoms with Crippen LogP contribution in [0.3, 0.4) is 0 Å². The predicted octanol–water partition coefficient (Wildman–Crippen LogP) is 3.21. The van der Waals surface area contributed by atoms with Crippen molar-refractivity contribution in [3.63, 3.8) is 0 Å². The molecular weight excluding hydrogens is 320 g/mol. The number of nitriles is 1.